The molecule has 1 N–H and O–H groups in total. The average molecular weight is 168 g/mol. The Balaban J connectivity index is 2.53. The van der Waals surface area contributed by atoms with E-state index in [0.717, 1.165) is 6.42 Å². The van der Waals surface area contributed by atoms with E-state index in [2.05, 4.69) is 9.97 Å². The summed E-state index contributed by atoms with van der Waals surface area (Å²) < 4.78 is 5.20. The average Bonchev–Trinajstić information content (AvgIpc) is 2.15. The molecule has 0 aromatic carbocycles. The Labute approximate surface area is 71.2 Å². The van der Waals surface area contributed by atoms with Crippen LogP contribution in [0.3, 0.4) is 0 Å². The van der Waals surface area contributed by atoms with E-state index in [9.17, 15) is 0 Å². The Kier molecular flexibility index (Phi) is 3.47. The maximum absolute atomic E-state index is 8.66. The molecule has 4 heteroatoms. The third kappa shape index (κ3) is 2.47. The topological polar surface area (TPSA) is 55.2 Å². The van der Waals surface area contributed by atoms with Gasteiger partial charge >= 0.3 is 0 Å². The van der Waals surface area contributed by atoms with E-state index in [0.29, 0.717) is 18.2 Å². The summed E-state index contributed by atoms with van der Waals surface area (Å²) in [5, 5.41) is 8.66. The molecule has 0 atom stereocenters. The number of aliphatic hydroxyl groups is 1. The molecule has 0 aliphatic heterocycles. The maximum Gasteiger partial charge on any atom is 0.232 e. The first-order valence-electron chi connectivity index (χ1n) is 3.91. The number of aliphatic hydroxyl groups excluding tert-OH is 1. The van der Waals surface area contributed by atoms with E-state index < -0.39 is 0 Å². The molecular weight excluding hydrogens is 156 g/mol. The first kappa shape index (κ1) is 8.93. The van der Waals surface area contributed by atoms with Gasteiger partial charge in [0.1, 0.15) is 0 Å². The van der Waals surface area contributed by atoms with Gasteiger partial charge in [-0.3, -0.25) is 4.98 Å². The summed E-state index contributed by atoms with van der Waals surface area (Å²) in [6, 6.07) is 0. The highest BCUT2D eigenvalue weighted by Gasteiger charge is 1.95. The van der Waals surface area contributed by atoms with Crippen molar-refractivity contribution in [3.8, 4) is 5.88 Å². The van der Waals surface area contributed by atoms with Crippen molar-refractivity contribution in [2.24, 2.45) is 0 Å². The Morgan fingerprint density at radius 1 is 1.42 bits per heavy atom. The molecule has 0 radical (unpaired) electrons. The molecule has 0 saturated carbocycles. The molecule has 0 spiro atoms. The summed E-state index contributed by atoms with van der Waals surface area (Å²) >= 11 is 0. The smallest absolute Gasteiger partial charge is 0.232 e. The minimum Gasteiger partial charge on any atom is -0.477 e. The largest absolute Gasteiger partial charge is 0.477 e. The maximum atomic E-state index is 8.66. The van der Waals surface area contributed by atoms with Gasteiger partial charge < -0.3 is 9.84 Å². The van der Waals surface area contributed by atoms with Gasteiger partial charge in [-0.2, -0.15) is 0 Å². The van der Waals surface area contributed by atoms with Crippen molar-refractivity contribution >= 4 is 0 Å². The van der Waals surface area contributed by atoms with Crippen LogP contribution >= 0.6 is 0 Å². The second-order valence-electron chi connectivity index (χ2n) is 2.35. The molecule has 1 aromatic rings. The van der Waals surface area contributed by atoms with Crippen LogP contribution in [0.5, 0.6) is 5.88 Å². The zero-order chi connectivity index (χ0) is 8.81. The fourth-order valence-corrected chi connectivity index (χ4v) is 0.706. The van der Waals surface area contributed by atoms with Gasteiger partial charge in [-0.1, -0.05) is 6.92 Å². The highest BCUT2D eigenvalue weighted by molar-refractivity contribution is 5.06. The molecule has 4 nitrogen and oxygen atoms in total. The monoisotopic (exact) mass is 168 g/mol. The summed E-state index contributed by atoms with van der Waals surface area (Å²) in [5.74, 6) is 0.508. The van der Waals surface area contributed by atoms with E-state index >= 15 is 0 Å². The number of nitrogens with zero attached hydrogens (tertiary/aromatic N) is 2. The fourth-order valence-electron chi connectivity index (χ4n) is 0.706. The van der Waals surface area contributed by atoms with Gasteiger partial charge in [0.15, 0.2) is 0 Å². The normalized spacial score (nSPS) is 9.83. The molecule has 0 bridgehead atoms. The van der Waals surface area contributed by atoms with Crippen molar-refractivity contribution in [3.63, 3.8) is 0 Å². The summed E-state index contributed by atoms with van der Waals surface area (Å²) in [6.07, 6.45) is 3.97. The van der Waals surface area contributed by atoms with Crippen LogP contribution in [0.4, 0.5) is 0 Å². The lowest BCUT2D eigenvalue weighted by Gasteiger charge is -2.01. The SMILES string of the molecule is CCCOc1cnc(CO)cn1. The Morgan fingerprint density at radius 3 is 2.75 bits per heavy atom. The van der Waals surface area contributed by atoms with Crippen molar-refractivity contribution in [2.75, 3.05) is 6.61 Å². The second kappa shape index (κ2) is 4.66. The van der Waals surface area contributed by atoms with Crippen molar-refractivity contribution in [1.82, 2.24) is 9.97 Å². The molecule has 12 heavy (non-hydrogen) atoms. The van der Waals surface area contributed by atoms with Crippen molar-refractivity contribution in [3.05, 3.63) is 18.1 Å². The third-order valence-corrected chi connectivity index (χ3v) is 1.30. The first-order chi connectivity index (χ1) is 5.86. The molecule has 0 amide bonds. The molecular formula is C8H12N2O2. The van der Waals surface area contributed by atoms with Crippen LogP contribution in [0.15, 0.2) is 12.4 Å². The Bertz CT molecular complexity index is 223. The van der Waals surface area contributed by atoms with Gasteiger partial charge in [-0.25, -0.2) is 4.98 Å². The number of hydrogen-bond donors (Lipinski definition) is 1. The molecule has 1 aromatic heterocycles. The quantitative estimate of drug-likeness (QED) is 0.721. The molecule has 0 aliphatic carbocycles. The van der Waals surface area contributed by atoms with Crippen molar-refractivity contribution in [1.29, 1.82) is 0 Å². The highest BCUT2D eigenvalue weighted by Crippen LogP contribution is 2.03. The van der Waals surface area contributed by atoms with Gasteiger partial charge in [0.2, 0.25) is 5.88 Å². The standard InChI is InChI=1S/C8H12N2O2/c1-2-3-12-8-5-9-7(6-11)4-10-8/h4-5,11H,2-3,6H2,1H3. The number of rotatable bonds is 4. The minimum atomic E-state index is -0.0823. The van der Waals surface area contributed by atoms with Crippen molar-refractivity contribution in [2.45, 2.75) is 20.0 Å². The molecule has 0 fully saturated rings. The van der Waals surface area contributed by atoms with Gasteiger partial charge in [-0.15, -0.1) is 0 Å². The number of aromatic nitrogens is 2. The lowest BCUT2D eigenvalue weighted by Crippen LogP contribution is -1.99. The van der Waals surface area contributed by atoms with E-state index in [4.69, 9.17) is 9.84 Å². The molecule has 66 valence electrons. The molecule has 0 aliphatic rings. The van der Waals surface area contributed by atoms with Gasteiger partial charge in [0.05, 0.1) is 31.3 Å². The van der Waals surface area contributed by atoms with Crippen molar-refractivity contribution < 1.29 is 9.84 Å². The molecule has 1 rings (SSSR count). The molecule has 1 heterocycles. The second-order valence-corrected chi connectivity index (χ2v) is 2.35. The number of ether oxygens (including phenoxy) is 1. The predicted octanol–water partition coefficient (Wildman–Crippen LogP) is 0.758. The lowest BCUT2D eigenvalue weighted by molar-refractivity contribution is 0.273. The lowest BCUT2D eigenvalue weighted by atomic mass is 10.5. The molecule has 0 saturated heterocycles. The van der Waals surface area contributed by atoms with Crippen LogP contribution in [0.1, 0.15) is 19.0 Å². The van der Waals surface area contributed by atoms with Gasteiger partial charge in [0.25, 0.3) is 0 Å². The van der Waals surface area contributed by atoms with E-state index in [1.807, 2.05) is 6.92 Å². The predicted molar refractivity (Wildman–Crippen MR) is 43.7 cm³/mol. The van der Waals surface area contributed by atoms with Crippen LogP contribution in [-0.2, 0) is 6.61 Å². The van der Waals surface area contributed by atoms with E-state index in [-0.39, 0.29) is 6.61 Å². The van der Waals surface area contributed by atoms with E-state index in [1.165, 1.54) is 12.4 Å². The number of hydrogen-bond acceptors (Lipinski definition) is 4. The zero-order valence-electron chi connectivity index (χ0n) is 7.03. The van der Waals surface area contributed by atoms with Crippen LogP contribution < -0.4 is 4.74 Å². The Morgan fingerprint density at radius 2 is 2.25 bits per heavy atom. The van der Waals surface area contributed by atoms with Crippen LogP contribution in [-0.4, -0.2) is 21.7 Å². The summed E-state index contributed by atoms with van der Waals surface area (Å²) in [5.41, 5.74) is 0.554. The summed E-state index contributed by atoms with van der Waals surface area (Å²) in [7, 11) is 0. The van der Waals surface area contributed by atoms with Gasteiger partial charge in [-0.05, 0) is 6.42 Å². The fraction of sp³-hybridized carbons (Fsp3) is 0.500. The molecule has 0 unspecified atom stereocenters. The summed E-state index contributed by atoms with van der Waals surface area (Å²) in [6.45, 7) is 2.59. The Hall–Kier alpha value is -1.16. The highest BCUT2D eigenvalue weighted by atomic mass is 16.5. The third-order valence-electron chi connectivity index (χ3n) is 1.30. The first-order valence-corrected chi connectivity index (χ1v) is 3.91. The van der Waals surface area contributed by atoms with Gasteiger partial charge in [0, 0.05) is 0 Å². The minimum absolute atomic E-state index is 0.0823. The van der Waals surface area contributed by atoms with E-state index in [1.54, 1.807) is 0 Å². The van der Waals surface area contributed by atoms with Crippen LogP contribution in [0.25, 0.3) is 0 Å². The van der Waals surface area contributed by atoms with Crippen LogP contribution in [0, 0.1) is 0 Å². The van der Waals surface area contributed by atoms with Crippen LogP contribution in [0.2, 0.25) is 0 Å². The zero-order valence-corrected chi connectivity index (χ0v) is 7.03. The summed E-state index contributed by atoms with van der Waals surface area (Å²) in [4.78, 5) is 7.85.